The molecule has 1 N–H and O–H groups in total. The van der Waals surface area contributed by atoms with Crippen LogP contribution in [-0.2, 0) is 6.42 Å². The van der Waals surface area contributed by atoms with E-state index in [1.54, 1.807) is 0 Å². The Morgan fingerprint density at radius 3 is 2.50 bits per heavy atom. The lowest BCUT2D eigenvalue weighted by Crippen LogP contribution is -2.36. The Hall–Kier alpha value is -2.09. The Morgan fingerprint density at radius 1 is 1.10 bits per heavy atom. The maximum absolute atomic E-state index is 12.2. The molecule has 0 radical (unpaired) electrons. The van der Waals surface area contributed by atoms with Crippen LogP contribution in [0.2, 0.25) is 0 Å². The summed E-state index contributed by atoms with van der Waals surface area (Å²) in [7, 11) is 0. The molecule has 0 spiro atoms. The van der Waals surface area contributed by atoms with Crippen molar-refractivity contribution in [2.24, 2.45) is 0 Å². The van der Waals surface area contributed by atoms with Crippen LogP contribution in [0.15, 0.2) is 54.6 Å². The lowest BCUT2D eigenvalue weighted by atomic mass is 10.0. The first kappa shape index (κ1) is 14.3. The molecule has 104 valence electrons. The van der Waals surface area contributed by atoms with E-state index in [1.165, 1.54) is 5.56 Å². The summed E-state index contributed by atoms with van der Waals surface area (Å²) in [4.78, 5) is 12.2. The number of rotatable bonds is 5. The van der Waals surface area contributed by atoms with Crippen molar-refractivity contribution in [3.8, 4) is 0 Å². The molecule has 2 aromatic carbocycles. The zero-order valence-electron chi connectivity index (χ0n) is 12.1. The first-order chi connectivity index (χ1) is 9.69. The quantitative estimate of drug-likeness (QED) is 0.878. The molecule has 2 heteroatoms. The highest BCUT2D eigenvalue weighted by Gasteiger charge is 2.12. The molecule has 0 saturated carbocycles. The molecule has 0 aliphatic rings. The second kappa shape index (κ2) is 6.90. The van der Waals surface area contributed by atoms with Crippen LogP contribution in [0.4, 0.5) is 0 Å². The second-order valence-electron chi connectivity index (χ2n) is 5.14. The van der Waals surface area contributed by atoms with E-state index >= 15 is 0 Å². The maximum Gasteiger partial charge on any atom is 0.251 e. The van der Waals surface area contributed by atoms with Gasteiger partial charge in [0.1, 0.15) is 0 Å². The van der Waals surface area contributed by atoms with Gasteiger partial charge in [-0.05, 0) is 37.5 Å². The van der Waals surface area contributed by atoms with Crippen LogP contribution < -0.4 is 5.32 Å². The van der Waals surface area contributed by atoms with Crippen molar-refractivity contribution < 1.29 is 4.79 Å². The molecular weight excluding hydrogens is 246 g/mol. The maximum atomic E-state index is 12.2. The first-order valence-electron chi connectivity index (χ1n) is 7.10. The molecule has 0 fully saturated rings. The molecule has 2 rings (SSSR count). The summed E-state index contributed by atoms with van der Waals surface area (Å²) < 4.78 is 0. The minimum atomic E-state index is 0.0106. The van der Waals surface area contributed by atoms with Crippen molar-refractivity contribution in [2.75, 3.05) is 0 Å². The number of amides is 1. The fourth-order valence-corrected chi connectivity index (χ4v) is 2.25. The zero-order chi connectivity index (χ0) is 14.4. The minimum Gasteiger partial charge on any atom is -0.349 e. The topological polar surface area (TPSA) is 29.1 Å². The SMILES string of the molecule is CC[C@@H](Cc1ccccc1)NC(=O)c1cccc(C)c1. The first-order valence-corrected chi connectivity index (χ1v) is 7.10. The van der Waals surface area contributed by atoms with Gasteiger partial charge in [-0.25, -0.2) is 0 Å². The molecular formula is C18H21NO. The molecule has 0 aromatic heterocycles. The Morgan fingerprint density at radius 2 is 1.85 bits per heavy atom. The monoisotopic (exact) mass is 267 g/mol. The summed E-state index contributed by atoms with van der Waals surface area (Å²) in [6.07, 6.45) is 1.79. The van der Waals surface area contributed by atoms with Crippen molar-refractivity contribution in [1.82, 2.24) is 5.32 Å². The lowest BCUT2D eigenvalue weighted by molar-refractivity contribution is 0.0935. The van der Waals surface area contributed by atoms with Gasteiger partial charge in [0.25, 0.3) is 5.91 Å². The Labute approximate surface area is 120 Å². The molecule has 0 unspecified atom stereocenters. The van der Waals surface area contributed by atoms with Crippen molar-refractivity contribution in [2.45, 2.75) is 32.7 Å². The van der Waals surface area contributed by atoms with E-state index in [0.717, 1.165) is 24.0 Å². The van der Waals surface area contributed by atoms with Gasteiger partial charge in [-0.15, -0.1) is 0 Å². The molecule has 0 aliphatic carbocycles. The summed E-state index contributed by atoms with van der Waals surface area (Å²) in [6, 6.07) is 18.1. The average molecular weight is 267 g/mol. The third kappa shape index (κ3) is 3.95. The summed E-state index contributed by atoms with van der Waals surface area (Å²) in [5.74, 6) is 0.0106. The van der Waals surface area contributed by atoms with Gasteiger partial charge >= 0.3 is 0 Å². The van der Waals surface area contributed by atoms with Crippen molar-refractivity contribution in [1.29, 1.82) is 0 Å². The highest BCUT2D eigenvalue weighted by Crippen LogP contribution is 2.08. The normalized spacial score (nSPS) is 11.9. The van der Waals surface area contributed by atoms with Gasteiger partial charge in [-0.2, -0.15) is 0 Å². The van der Waals surface area contributed by atoms with Gasteiger partial charge in [0, 0.05) is 11.6 Å². The van der Waals surface area contributed by atoms with E-state index in [1.807, 2.05) is 49.4 Å². The number of hydrogen-bond acceptors (Lipinski definition) is 1. The molecule has 0 heterocycles. The zero-order valence-corrected chi connectivity index (χ0v) is 12.1. The van der Waals surface area contributed by atoms with E-state index in [0.29, 0.717) is 0 Å². The summed E-state index contributed by atoms with van der Waals surface area (Å²) in [5, 5.41) is 3.12. The van der Waals surface area contributed by atoms with Gasteiger partial charge in [0.2, 0.25) is 0 Å². The molecule has 1 atom stereocenters. The Bertz CT molecular complexity index is 563. The minimum absolute atomic E-state index is 0.0106. The van der Waals surface area contributed by atoms with Gasteiger partial charge < -0.3 is 5.32 Å². The molecule has 20 heavy (non-hydrogen) atoms. The van der Waals surface area contributed by atoms with Crippen LogP contribution >= 0.6 is 0 Å². The number of carbonyl (C=O) groups is 1. The number of hydrogen-bond donors (Lipinski definition) is 1. The van der Waals surface area contributed by atoms with Crippen LogP contribution in [0.3, 0.4) is 0 Å². The van der Waals surface area contributed by atoms with Crippen molar-refractivity contribution >= 4 is 5.91 Å². The summed E-state index contributed by atoms with van der Waals surface area (Å²) >= 11 is 0. The average Bonchev–Trinajstić information content (AvgIpc) is 2.47. The fraction of sp³-hybridized carbons (Fsp3) is 0.278. The molecule has 0 saturated heterocycles. The standard InChI is InChI=1S/C18H21NO/c1-3-17(13-15-9-5-4-6-10-15)19-18(20)16-11-7-8-14(2)12-16/h4-12,17H,3,13H2,1-2H3,(H,19,20)/t17-/m0/s1. The van der Waals surface area contributed by atoms with Crippen LogP contribution in [0.5, 0.6) is 0 Å². The Kier molecular flexibility index (Phi) is 4.94. The van der Waals surface area contributed by atoms with E-state index in [2.05, 4.69) is 24.4 Å². The van der Waals surface area contributed by atoms with Crippen LogP contribution in [0.1, 0.15) is 34.8 Å². The van der Waals surface area contributed by atoms with Crippen molar-refractivity contribution in [3.05, 3.63) is 71.3 Å². The molecule has 0 bridgehead atoms. The predicted octanol–water partition coefficient (Wildman–Crippen LogP) is 3.75. The van der Waals surface area contributed by atoms with Crippen LogP contribution in [0.25, 0.3) is 0 Å². The van der Waals surface area contributed by atoms with Crippen LogP contribution in [-0.4, -0.2) is 11.9 Å². The molecule has 0 aliphatic heterocycles. The fourth-order valence-electron chi connectivity index (χ4n) is 2.25. The summed E-state index contributed by atoms with van der Waals surface area (Å²) in [6.45, 7) is 4.10. The van der Waals surface area contributed by atoms with E-state index in [4.69, 9.17) is 0 Å². The van der Waals surface area contributed by atoms with E-state index < -0.39 is 0 Å². The number of aryl methyl sites for hydroxylation is 1. The third-order valence-corrected chi connectivity index (χ3v) is 3.43. The molecule has 2 aromatic rings. The van der Waals surface area contributed by atoms with E-state index in [-0.39, 0.29) is 11.9 Å². The molecule has 1 amide bonds. The van der Waals surface area contributed by atoms with Gasteiger partial charge in [0.15, 0.2) is 0 Å². The highest BCUT2D eigenvalue weighted by atomic mass is 16.1. The van der Waals surface area contributed by atoms with Crippen LogP contribution in [0, 0.1) is 6.92 Å². The van der Waals surface area contributed by atoms with Gasteiger partial charge in [-0.3, -0.25) is 4.79 Å². The van der Waals surface area contributed by atoms with Gasteiger partial charge in [0.05, 0.1) is 0 Å². The number of carbonyl (C=O) groups excluding carboxylic acids is 1. The summed E-state index contributed by atoms with van der Waals surface area (Å²) in [5.41, 5.74) is 3.09. The molecule has 2 nitrogen and oxygen atoms in total. The highest BCUT2D eigenvalue weighted by molar-refractivity contribution is 5.94. The largest absolute Gasteiger partial charge is 0.349 e. The third-order valence-electron chi connectivity index (χ3n) is 3.43. The smallest absolute Gasteiger partial charge is 0.251 e. The number of benzene rings is 2. The lowest BCUT2D eigenvalue weighted by Gasteiger charge is -2.17. The van der Waals surface area contributed by atoms with Gasteiger partial charge in [-0.1, -0.05) is 55.0 Å². The number of nitrogens with one attached hydrogen (secondary N) is 1. The predicted molar refractivity (Wildman–Crippen MR) is 82.9 cm³/mol. The van der Waals surface area contributed by atoms with E-state index in [9.17, 15) is 4.79 Å². The second-order valence-corrected chi connectivity index (χ2v) is 5.14. The Balaban J connectivity index is 2.01. The van der Waals surface area contributed by atoms with Crippen molar-refractivity contribution in [3.63, 3.8) is 0 Å².